The summed E-state index contributed by atoms with van der Waals surface area (Å²) in [6.45, 7) is 5.61. The summed E-state index contributed by atoms with van der Waals surface area (Å²) in [5.74, 6) is 1.18. The molecule has 3 rings (SSSR count). The lowest BCUT2D eigenvalue weighted by atomic mass is 10.1. The first-order chi connectivity index (χ1) is 12.1. The molecule has 2 amide bonds. The van der Waals surface area contributed by atoms with E-state index in [4.69, 9.17) is 0 Å². The maximum absolute atomic E-state index is 12.4. The molecular formula is C19H30N4O2. The number of hydrogen-bond donors (Lipinski definition) is 1. The number of nitrogens with zero attached hydrogens (tertiary/aromatic N) is 3. The number of rotatable bonds is 6. The molecule has 25 heavy (non-hydrogen) atoms. The Kier molecular flexibility index (Phi) is 5.76. The zero-order valence-corrected chi connectivity index (χ0v) is 15.5. The van der Waals surface area contributed by atoms with Crippen LogP contribution in [0.5, 0.6) is 0 Å². The van der Waals surface area contributed by atoms with Crippen LogP contribution in [0.1, 0.15) is 76.4 Å². The zero-order valence-electron chi connectivity index (χ0n) is 15.5. The quantitative estimate of drug-likeness (QED) is 0.861. The van der Waals surface area contributed by atoms with Crippen LogP contribution in [0, 0.1) is 0 Å². The molecule has 2 heterocycles. The molecule has 1 aliphatic carbocycles. The topological polar surface area (TPSA) is 67.2 Å². The number of nitrogens with one attached hydrogen (secondary N) is 1. The van der Waals surface area contributed by atoms with Crippen LogP contribution in [-0.4, -0.2) is 38.9 Å². The molecule has 0 spiro atoms. The molecule has 0 bridgehead atoms. The average molecular weight is 346 g/mol. The summed E-state index contributed by atoms with van der Waals surface area (Å²) in [6.07, 6.45) is 9.49. The van der Waals surface area contributed by atoms with Gasteiger partial charge >= 0.3 is 0 Å². The van der Waals surface area contributed by atoms with Crippen molar-refractivity contribution in [3.8, 4) is 0 Å². The zero-order chi connectivity index (χ0) is 17.8. The predicted octanol–water partition coefficient (Wildman–Crippen LogP) is 2.58. The van der Waals surface area contributed by atoms with Gasteiger partial charge in [-0.25, -0.2) is 4.98 Å². The number of unbranched alkanes of at least 4 members (excludes halogenated alkanes) is 1. The molecule has 0 radical (unpaired) electrons. The summed E-state index contributed by atoms with van der Waals surface area (Å²) >= 11 is 0. The maximum Gasteiger partial charge on any atom is 0.226 e. The van der Waals surface area contributed by atoms with Gasteiger partial charge in [0.15, 0.2) is 0 Å². The summed E-state index contributed by atoms with van der Waals surface area (Å²) in [5, 5.41) is 3.12. The molecule has 1 saturated carbocycles. The Morgan fingerprint density at radius 1 is 1.28 bits per heavy atom. The number of fused-ring (bicyclic) bond motifs is 1. The number of amides is 2. The second kappa shape index (κ2) is 8.02. The van der Waals surface area contributed by atoms with Gasteiger partial charge in [-0.2, -0.15) is 0 Å². The Hall–Kier alpha value is -1.85. The minimum atomic E-state index is -0.0234. The van der Waals surface area contributed by atoms with Gasteiger partial charge in [0.05, 0.1) is 18.2 Å². The standard InChI is InChI=1S/C19H30N4O2/c1-3-4-9-18(25)23-11-10-22-13-16(21-19(22)14(23)2)12-17(24)20-15-7-5-6-8-15/h13-15H,3-12H2,1-2H3,(H,20,24). The van der Waals surface area contributed by atoms with Crippen molar-refractivity contribution >= 4 is 11.8 Å². The molecule has 0 aromatic carbocycles. The molecule has 1 fully saturated rings. The van der Waals surface area contributed by atoms with Crippen LogP contribution in [0.4, 0.5) is 0 Å². The SMILES string of the molecule is CCCCC(=O)N1CCn2cc(CC(=O)NC3CCCC3)nc2C1C. The Morgan fingerprint density at radius 2 is 2.04 bits per heavy atom. The molecule has 1 N–H and O–H groups in total. The van der Waals surface area contributed by atoms with Crippen molar-refractivity contribution in [3.05, 3.63) is 17.7 Å². The van der Waals surface area contributed by atoms with E-state index in [0.717, 1.165) is 50.3 Å². The van der Waals surface area contributed by atoms with Gasteiger partial charge in [-0.3, -0.25) is 9.59 Å². The van der Waals surface area contributed by atoms with E-state index in [0.29, 0.717) is 18.9 Å². The summed E-state index contributed by atoms with van der Waals surface area (Å²) in [4.78, 5) is 31.2. The van der Waals surface area contributed by atoms with E-state index >= 15 is 0 Å². The van der Waals surface area contributed by atoms with E-state index in [-0.39, 0.29) is 17.9 Å². The molecule has 0 saturated heterocycles. The van der Waals surface area contributed by atoms with Crippen molar-refractivity contribution in [2.75, 3.05) is 6.54 Å². The first kappa shape index (κ1) is 18.0. The van der Waals surface area contributed by atoms with Gasteiger partial charge in [0.2, 0.25) is 11.8 Å². The molecule has 1 aromatic rings. The van der Waals surface area contributed by atoms with Crippen molar-refractivity contribution < 1.29 is 9.59 Å². The summed E-state index contributed by atoms with van der Waals surface area (Å²) in [7, 11) is 0. The summed E-state index contributed by atoms with van der Waals surface area (Å²) < 4.78 is 2.10. The highest BCUT2D eigenvalue weighted by Gasteiger charge is 2.29. The Balaban J connectivity index is 1.61. The second-order valence-corrected chi connectivity index (χ2v) is 7.38. The lowest BCUT2D eigenvalue weighted by molar-refractivity contribution is -0.134. The van der Waals surface area contributed by atoms with Crippen molar-refractivity contribution in [2.45, 2.75) is 83.8 Å². The van der Waals surface area contributed by atoms with Crippen LogP contribution in [-0.2, 0) is 22.6 Å². The monoisotopic (exact) mass is 346 g/mol. The molecule has 6 heteroatoms. The third-order valence-corrected chi connectivity index (χ3v) is 5.41. The van der Waals surface area contributed by atoms with E-state index in [1.54, 1.807) is 0 Å². The molecule has 1 aromatic heterocycles. The highest BCUT2D eigenvalue weighted by atomic mass is 16.2. The Morgan fingerprint density at radius 3 is 2.76 bits per heavy atom. The maximum atomic E-state index is 12.4. The van der Waals surface area contributed by atoms with Gasteiger partial charge in [0.1, 0.15) is 5.82 Å². The van der Waals surface area contributed by atoms with Gasteiger partial charge < -0.3 is 14.8 Å². The molecule has 6 nitrogen and oxygen atoms in total. The molecule has 1 unspecified atom stereocenters. The molecule has 2 aliphatic rings. The van der Waals surface area contributed by atoms with Crippen molar-refractivity contribution in [2.24, 2.45) is 0 Å². The second-order valence-electron chi connectivity index (χ2n) is 7.38. The Bertz CT molecular complexity index is 619. The van der Waals surface area contributed by atoms with E-state index in [9.17, 15) is 9.59 Å². The minimum Gasteiger partial charge on any atom is -0.353 e. The highest BCUT2D eigenvalue weighted by Crippen LogP contribution is 2.26. The van der Waals surface area contributed by atoms with E-state index in [1.807, 2.05) is 18.0 Å². The van der Waals surface area contributed by atoms with Gasteiger partial charge in [0, 0.05) is 31.7 Å². The van der Waals surface area contributed by atoms with Crippen molar-refractivity contribution in [1.29, 1.82) is 0 Å². The van der Waals surface area contributed by atoms with Crippen LogP contribution in [0.15, 0.2) is 6.20 Å². The predicted molar refractivity (Wildman–Crippen MR) is 96.0 cm³/mol. The Labute approximate surface area is 150 Å². The fourth-order valence-corrected chi connectivity index (χ4v) is 3.96. The molecule has 1 atom stereocenters. The van der Waals surface area contributed by atoms with Crippen LogP contribution in [0.3, 0.4) is 0 Å². The van der Waals surface area contributed by atoms with Gasteiger partial charge in [-0.1, -0.05) is 26.2 Å². The fraction of sp³-hybridized carbons (Fsp3) is 0.737. The van der Waals surface area contributed by atoms with Crippen molar-refractivity contribution in [1.82, 2.24) is 19.8 Å². The van der Waals surface area contributed by atoms with Crippen LogP contribution >= 0.6 is 0 Å². The summed E-state index contributed by atoms with van der Waals surface area (Å²) in [6, 6.07) is 0.320. The average Bonchev–Trinajstić information content (AvgIpc) is 3.22. The number of aromatic nitrogens is 2. The van der Waals surface area contributed by atoms with Gasteiger partial charge in [-0.05, 0) is 26.2 Å². The minimum absolute atomic E-state index is 0.0234. The van der Waals surface area contributed by atoms with Gasteiger partial charge in [-0.15, -0.1) is 0 Å². The van der Waals surface area contributed by atoms with E-state index < -0.39 is 0 Å². The van der Waals surface area contributed by atoms with E-state index in [2.05, 4.69) is 21.8 Å². The van der Waals surface area contributed by atoms with Crippen molar-refractivity contribution in [3.63, 3.8) is 0 Å². The van der Waals surface area contributed by atoms with Crippen LogP contribution in [0.25, 0.3) is 0 Å². The van der Waals surface area contributed by atoms with Crippen LogP contribution < -0.4 is 5.32 Å². The first-order valence-corrected chi connectivity index (χ1v) is 9.73. The molecular weight excluding hydrogens is 316 g/mol. The third kappa shape index (κ3) is 4.22. The van der Waals surface area contributed by atoms with E-state index in [1.165, 1.54) is 12.8 Å². The lowest BCUT2D eigenvalue weighted by Gasteiger charge is -2.33. The fourth-order valence-electron chi connectivity index (χ4n) is 3.96. The van der Waals surface area contributed by atoms with Crippen LogP contribution in [0.2, 0.25) is 0 Å². The normalized spacial score (nSPS) is 20.6. The first-order valence-electron chi connectivity index (χ1n) is 9.73. The highest BCUT2D eigenvalue weighted by molar-refractivity contribution is 5.78. The molecule has 138 valence electrons. The summed E-state index contributed by atoms with van der Waals surface area (Å²) in [5.41, 5.74) is 0.806. The lowest BCUT2D eigenvalue weighted by Crippen LogP contribution is -2.41. The largest absolute Gasteiger partial charge is 0.353 e. The number of carbonyl (C=O) groups is 2. The number of imidazole rings is 1. The van der Waals surface area contributed by atoms with Gasteiger partial charge in [0.25, 0.3) is 0 Å². The third-order valence-electron chi connectivity index (χ3n) is 5.41. The number of hydrogen-bond acceptors (Lipinski definition) is 3. The smallest absolute Gasteiger partial charge is 0.226 e. The molecule has 1 aliphatic heterocycles. The number of carbonyl (C=O) groups excluding carboxylic acids is 2.